The molecule has 2 N–H and O–H groups in total. The van der Waals surface area contributed by atoms with E-state index in [1.165, 1.54) is 24.6 Å². The molecule has 0 atom stereocenters. The molecule has 6 heteroatoms. The maximum absolute atomic E-state index is 4.58. The zero-order valence-corrected chi connectivity index (χ0v) is 13.5. The third-order valence-corrected chi connectivity index (χ3v) is 4.30. The Morgan fingerprint density at radius 2 is 1.95 bits per heavy atom. The van der Waals surface area contributed by atoms with Gasteiger partial charge in [0.1, 0.15) is 17.5 Å². The van der Waals surface area contributed by atoms with Crippen molar-refractivity contribution >= 4 is 23.4 Å². The average Bonchev–Trinajstić information content (AvgIpc) is 2.48. The Bertz CT molecular complexity index is 418. The molecule has 2 rings (SSSR count). The maximum Gasteiger partial charge on any atom is 0.135 e. The van der Waals surface area contributed by atoms with Crippen molar-refractivity contribution in [3.8, 4) is 0 Å². The topological polar surface area (TPSA) is 53.1 Å². The van der Waals surface area contributed by atoms with E-state index in [9.17, 15) is 0 Å². The lowest BCUT2D eigenvalue weighted by molar-refractivity contribution is 0.314. The molecule has 0 unspecified atom stereocenters. The van der Waals surface area contributed by atoms with Gasteiger partial charge in [-0.25, -0.2) is 9.97 Å². The van der Waals surface area contributed by atoms with Crippen molar-refractivity contribution < 1.29 is 0 Å². The average molecular weight is 295 g/mol. The SMILES string of the molecule is CNc1cc(NCCN2CCSCC2)nc(C(C)C)n1. The van der Waals surface area contributed by atoms with Crippen LogP contribution in [0.2, 0.25) is 0 Å². The molecular formula is C14H25N5S. The van der Waals surface area contributed by atoms with Gasteiger partial charge in [-0.05, 0) is 0 Å². The molecule has 5 nitrogen and oxygen atoms in total. The van der Waals surface area contributed by atoms with Gasteiger partial charge >= 0.3 is 0 Å². The van der Waals surface area contributed by atoms with Crippen LogP contribution in [-0.2, 0) is 0 Å². The lowest BCUT2D eigenvalue weighted by atomic mass is 10.2. The summed E-state index contributed by atoms with van der Waals surface area (Å²) in [7, 11) is 1.89. The summed E-state index contributed by atoms with van der Waals surface area (Å²) in [6, 6.07) is 1.97. The van der Waals surface area contributed by atoms with Gasteiger partial charge in [0.15, 0.2) is 0 Å². The van der Waals surface area contributed by atoms with Gasteiger partial charge in [0.05, 0.1) is 0 Å². The smallest absolute Gasteiger partial charge is 0.135 e. The van der Waals surface area contributed by atoms with Crippen molar-refractivity contribution in [2.45, 2.75) is 19.8 Å². The Labute approximate surface area is 125 Å². The van der Waals surface area contributed by atoms with Gasteiger partial charge in [0, 0.05) is 56.7 Å². The largest absolute Gasteiger partial charge is 0.373 e. The van der Waals surface area contributed by atoms with E-state index in [2.05, 4.69) is 39.3 Å². The predicted octanol–water partition coefficient (Wildman–Crippen LogP) is 2.10. The molecule has 2 heterocycles. The summed E-state index contributed by atoms with van der Waals surface area (Å²) in [5, 5.41) is 6.52. The summed E-state index contributed by atoms with van der Waals surface area (Å²) in [5.74, 6) is 5.53. The van der Waals surface area contributed by atoms with Crippen LogP contribution in [0.15, 0.2) is 6.07 Å². The van der Waals surface area contributed by atoms with Crippen LogP contribution in [0.4, 0.5) is 11.6 Å². The van der Waals surface area contributed by atoms with Crippen LogP contribution < -0.4 is 10.6 Å². The highest BCUT2D eigenvalue weighted by molar-refractivity contribution is 7.99. The standard InChI is InChI=1S/C14H25N5S/c1-11(2)14-17-12(15-3)10-13(18-14)16-4-5-19-6-8-20-9-7-19/h10-11H,4-9H2,1-3H3,(H2,15,16,17,18). The molecule has 0 aliphatic carbocycles. The molecular weight excluding hydrogens is 270 g/mol. The van der Waals surface area contributed by atoms with Gasteiger partial charge in [-0.2, -0.15) is 11.8 Å². The fourth-order valence-electron chi connectivity index (χ4n) is 2.11. The molecule has 1 aromatic rings. The number of hydrogen-bond acceptors (Lipinski definition) is 6. The first kappa shape index (κ1) is 15.4. The van der Waals surface area contributed by atoms with Crippen LogP contribution in [-0.4, -0.2) is 59.6 Å². The van der Waals surface area contributed by atoms with Gasteiger partial charge in [-0.1, -0.05) is 13.8 Å². The molecule has 0 amide bonds. The van der Waals surface area contributed by atoms with E-state index < -0.39 is 0 Å². The molecule has 20 heavy (non-hydrogen) atoms. The fourth-order valence-corrected chi connectivity index (χ4v) is 3.09. The van der Waals surface area contributed by atoms with Crippen molar-refractivity contribution in [2.24, 2.45) is 0 Å². The fraction of sp³-hybridized carbons (Fsp3) is 0.714. The zero-order chi connectivity index (χ0) is 14.4. The Balaban J connectivity index is 1.89. The first-order chi connectivity index (χ1) is 9.69. The van der Waals surface area contributed by atoms with E-state index >= 15 is 0 Å². The van der Waals surface area contributed by atoms with Crippen molar-refractivity contribution in [2.75, 3.05) is 55.4 Å². The Hall–Kier alpha value is -1.01. The van der Waals surface area contributed by atoms with Gasteiger partial charge in [-0.3, -0.25) is 4.90 Å². The minimum atomic E-state index is 0.336. The lowest BCUT2D eigenvalue weighted by Gasteiger charge is -2.26. The zero-order valence-electron chi connectivity index (χ0n) is 12.6. The number of rotatable bonds is 6. The highest BCUT2D eigenvalue weighted by atomic mass is 32.2. The van der Waals surface area contributed by atoms with E-state index in [1.54, 1.807) is 0 Å². The number of aromatic nitrogens is 2. The summed E-state index contributed by atoms with van der Waals surface area (Å²) in [4.78, 5) is 11.6. The monoisotopic (exact) mass is 295 g/mol. The maximum atomic E-state index is 4.58. The van der Waals surface area contributed by atoms with Crippen molar-refractivity contribution in [3.05, 3.63) is 11.9 Å². The van der Waals surface area contributed by atoms with Gasteiger partial charge in [0.25, 0.3) is 0 Å². The molecule has 1 saturated heterocycles. The van der Waals surface area contributed by atoms with Crippen LogP contribution in [0.3, 0.4) is 0 Å². The molecule has 0 bridgehead atoms. The summed E-state index contributed by atoms with van der Waals surface area (Å²) in [6.45, 7) is 8.65. The lowest BCUT2D eigenvalue weighted by Crippen LogP contribution is -2.36. The first-order valence-electron chi connectivity index (χ1n) is 7.29. The van der Waals surface area contributed by atoms with E-state index in [1.807, 2.05) is 24.9 Å². The number of hydrogen-bond donors (Lipinski definition) is 2. The van der Waals surface area contributed by atoms with E-state index in [0.717, 1.165) is 30.5 Å². The van der Waals surface area contributed by atoms with E-state index in [-0.39, 0.29) is 0 Å². The third kappa shape index (κ3) is 4.52. The molecule has 1 aliphatic heterocycles. The number of nitrogens with zero attached hydrogens (tertiary/aromatic N) is 3. The number of anilines is 2. The molecule has 0 aromatic carbocycles. The van der Waals surface area contributed by atoms with Crippen LogP contribution in [0, 0.1) is 0 Å². The van der Waals surface area contributed by atoms with Crippen LogP contribution in [0.25, 0.3) is 0 Å². The molecule has 112 valence electrons. The molecule has 1 aromatic heterocycles. The van der Waals surface area contributed by atoms with Gasteiger partial charge in [-0.15, -0.1) is 0 Å². The molecule has 1 fully saturated rings. The van der Waals surface area contributed by atoms with Crippen molar-refractivity contribution in [1.29, 1.82) is 0 Å². The second-order valence-electron chi connectivity index (χ2n) is 5.28. The van der Waals surface area contributed by atoms with Crippen LogP contribution in [0.5, 0.6) is 0 Å². The highest BCUT2D eigenvalue weighted by Crippen LogP contribution is 2.16. The Kier molecular flexibility index (Phi) is 5.91. The normalized spacial score (nSPS) is 16.4. The number of nitrogens with one attached hydrogen (secondary N) is 2. The number of thioether (sulfide) groups is 1. The molecule has 0 spiro atoms. The predicted molar refractivity (Wildman–Crippen MR) is 87.9 cm³/mol. The summed E-state index contributed by atoms with van der Waals surface area (Å²) in [5.41, 5.74) is 0. The van der Waals surface area contributed by atoms with Gasteiger partial charge in [0.2, 0.25) is 0 Å². The highest BCUT2D eigenvalue weighted by Gasteiger charge is 2.10. The van der Waals surface area contributed by atoms with Crippen LogP contribution >= 0.6 is 11.8 Å². The second-order valence-corrected chi connectivity index (χ2v) is 6.51. The van der Waals surface area contributed by atoms with E-state index in [4.69, 9.17) is 0 Å². The minimum Gasteiger partial charge on any atom is -0.373 e. The Morgan fingerprint density at radius 3 is 2.60 bits per heavy atom. The van der Waals surface area contributed by atoms with Crippen LogP contribution in [0.1, 0.15) is 25.6 Å². The Morgan fingerprint density at radius 1 is 1.25 bits per heavy atom. The van der Waals surface area contributed by atoms with Crippen molar-refractivity contribution in [1.82, 2.24) is 14.9 Å². The first-order valence-corrected chi connectivity index (χ1v) is 8.45. The second kappa shape index (κ2) is 7.69. The molecule has 0 saturated carbocycles. The third-order valence-electron chi connectivity index (χ3n) is 3.35. The van der Waals surface area contributed by atoms with E-state index in [0.29, 0.717) is 5.92 Å². The minimum absolute atomic E-state index is 0.336. The van der Waals surface area contributed by atoms with Gasteiger partial charge < -0.3 is 10.6 Å². The summed E-state index contributed by atoms with van der Waals surface area (Å²) < 4.78 is 0. The molecule has 0 radical (unpaired) electrons. The summed E-state index contributed by atoms with van der Waals surface area (Å²) >= 11 is 2.05. The van der Waals surface area contributed by atoms with Crippen molar-refractivity contribution in [3.63, 3.8) is 0 Å². The quantitative estimate of drug-likeness (QED) is 0.838. The molecule has 1 aliphatic rings. The summed E-state index contributed by atoms with van der Waals surface area (Å²) in [6.07, 6.45) is 0.